The van der Waals surface area contributed by atoms with Gasteiger partial charge in [-0.25, -0.2) is 12.2 Å². The summed E-state index contributed by atoms with van der Waals surface area (Å²) in [5, 5.41) is 0. The number of alkyl halides is 1. The van der Waals surface area contributed by atoms with E-state index in [1.807, 2.05) is 12.2 Å². The molecule has 0 amide bonds. The Morgan fingerprint density at radius 3 is 2.33 bits per heavy atom. The largest absolute Gasteiger partial charge is 2.00 e. The van der Waals surface area contributed by atoms with Gasteiger partial charge in [-0.2, -0.15) is 17.7 Å². The molecule has 0 nitrogen and oxygen atoms in total. The van der Waals surface area contributed by atoms with E-state index in [4.69, 9.17) is 11.6 Å². The molecule has 48 valence electrons. The number of hydrogen-bond donors (Lipinski definition) is 0. The summed E-state index contributed by atoms with van der Waals surface area (Å²) in [6.07, 6.45) is 10.0. The van der Waals surface area contributed by atoms with Crippen molar-refractivity contribution in [3.8, 4) is 0 Å². The monoisotopic (exact) mass is 218 g/mol. The molecule has 0 saturated carbocycles. The van der Waals surface area contributed by atoms with E-state index in [-0.39, 0.29) is 26.2 Å². The van der Waals surface area contributed by atoms with Crippen molar-refractivity contribution in [3.05, 3.63) is 31.2 Å². The molecule has 0 aliphatic heterocycles. The summed E-state index contributed by atoms with van der Waals surface area (Å²) in [5.74, 6) is 0.472. The molecule has 0 spiro atoms. The maximum absolute atomic E-state index is 4.89. The van der Waals surface area contributed by atoms with Crippen LogP contribution in [-0.4, -0.2) is 5.88 Å². The quantitative estimate of drug-likeness (QED) is 0.434. The van der Waals surface area contributed by atoms with Crippen molar-refractivity contribution in [3.63, 3.8) is 0 Å². The Bertz CT molecular complexity index is 76.9. The summed E-state index contributed by atoms with van der Waals surface area (Å²) in [6.45, 7) is 3.25. The van der Waals surface area contributed by atoms with Gasteiger partial charge in [-0.05, 0) is 0 Å². The third-order valence-electron chi connectivity index (χ3n) is 0.586. The summed E-state index contributed by atoms with van der Waals surface area (Å²) in [7, 11) is 0. The fourth-order valence-electron chi connectivity index (χ4n) is 0.340. The van der Waals surface area contributed by atoms with Gasteiger partial charge in [-0.1, -0.05) is 0 Å². The first-order chi connectivity index (χ1) is 3.91. The Kier molecular flexibility index (Phi) is 15.7. The Morgan fingerprint density at radius 1 is 1.67 bits per heavy atom. The molecule has 2 heteroatoms. The molecular formula is C7H9ClZr. The Labute approximate surface area is 81.1 Å². The molecule has 0 aromatic carbocycles. The first-order valence-corrected chi connectivity index (χ1v) is 3.02. The van der Waals surface area contributed by atoms with Gasteiger partial charge in [-0.15, -0.1) is 12.3 Å². The second-order valence-electron chi connectivity index (χ2n) is 1.19. The van der Waals surface area contributed by atoms with Gasteiger partial charge in [0.15, 0.2) is 0 Å². The van der Waals surface area contributed by atoms with Gasteiger partial charge in [0.05, 0.1) is 0 Å². The molecular weight excluding hydrogens is 211 g/mol. The molecule has 0 unspecified atom stereocenters. The maximum atomic E-state index is 4.89. The molecule has 1 rings (SSSR count). The number of halogens is 1. The molecule has 1 aliphatic carbocycles. The van der Waals surface area contributed by atoms with Crippen LogP contribution in [0, 0.1) is 13.0 Å². The zero-order valence-electron chi connectivity index (χ0n) is 5.23. The molecule has 1 aliphatic rings. The van der Waals surface area contributed by atoms with Gasteiger partial charge in [0, 0.05) is 0 Å². The maximum Gasteiger partial charge on any atom is 2.00 e. The first-order valence-electron chi connectivity index (χ1n) is 2.48. The van der Waals surface area contributed by atoms with Crippen LogP contribution in [-0.2, 0) is 26.2 Å². The standard InChI is InChI=1S/C5H5.C2H4Cl.Zr/c1-2-4-5-3-1;1-2-3;/h1-3H,4H2;1-2H2;/q2*-1;+2. The number of allylic oxidation sites excluding steroid dienone is 4. The van der Waals surface area contributed by atoms with Gasteiger partial charge < -0.3 is 6.92 Å². The minimum atomic E-state index is 0. The van der Waals surface area contributed by atoms with E-state index in [1.54, 1.807) is 0 Å². The molecule has 0 radical (unpaired) electrons. The van der Waals surface area contributed by atoms with Crippen LogP contribution in [0.1, 0.15) is 6.42 Å². The molecule has 0 N–H and O–H groups in total. The zero-order chi connectivity index (χ0) is 6.24. The topological polar surface area (TPSA) is 0 Å². The Morgan fingerprint density at radius 2 is 2.22 bits per heavy atom. The van der Waals surface area contributed by atoms with Crippen molar-refractivity contribution in [2.75, 3.05) is 5.88 Å². The Balaban J connectivity index is 0. The molecule has 9 heavy (non-hydrogen) atoms. The molecule has 0 aromatic heterocycles. The molecule has 0 atom stereocenters. The molecule has 0 saturated heterocycles. The van der Waals surface area contributed by atoms with E-state index in [9.17, 15) is 0 Å². The summed E-state index contributed by atoms with van der Waals surface area (Å²) >= 11 is 4.89. The minimum Gasteiger partial charge on any atom is -0.329 e. The normalized spacial score (nSPS) is 11.8. The summed E-state index contributed by atoms with van der Waals surface area (Å²) in [5.41, 5.74) is 0. The van der Waals surface area contributed by atoms with Crippen LogP contribution in [0.15, 0.2) is 18.2 Å². The van der Waals surface area contributed by atoms with Crippen LogP contribution in [0.3, 0.4) is 0 Å². The predicted octanol–water partition coefficient (Wildman–Crippen LogP) is 2.36. The molecule has 0 bridgehead atoms. The van der Waals surface area contributed by atoms with E-state index >= 15 is 0 Å². The van der Waals surface area contributed by atoms with Crippen LogP contribution in [0.2, 0.25) is 0 Å². The SMILES string of the molecule is [C-]1=CC=CC1.[CH2-]CCl.[Zr+2]. The van der Waals surface area contributed by atoms with E-state index in [0.717, 1.165) is 6.42 Å². The second kappa shape index (κ2) is 11.4. The molecule has 0 heterocycles. The third kappa shape index (κ3) is 12.0. The minimum absolute atomic E-state index is 0. The summed E-state index contributed by atoms with van der Waals surface area (Å²) in [4.78, 5) is 0. The van der Waals surface area contributed by atoms with Crippen molar-refractivity contribution in [2.24, 2.45) is 0 Å². The van der Waals surface area contributed by atoms with Crippen LogP contribution < -0.4 is 0 Å². The van der Waals surface area contributed by atoms with Crippen LogP contribution >= 0.6 is 11.6 Å². The van der Waals surface area contributed by atoms with E-state index < -0.39 is 0 Å². The fourth-order valence-corrected chi connectivity index (χ4v) is 0.340. The summed E-state index contributed by atoms with van der Waals surface area (Å²) < 4.78 is 0. The average molecular weight is 220 g/mol. The van der Waals surface area contributed by atoms with Crippen molar-refractivity contribution in [2.45, 2.75) is 6.42 Å². The van der Waals surface area contributed by atoms with E-state index in [0.29, 0.717) is 5.88 Å². The second-order valence-corrected chi connectivity index (χ2v) is 1.57. The van der Waals surface area contributed by atoms with Gasteiger partial charge in [0.1, 0.15) is 0 Å². The van der Waals surface area contributed by atoms with Crippen molar-refractivity contribution in [1.29, 1.82) is 0 Å². The first kappa shape index (κ1) is 12.3. The van der Waals surface area contributed by atoms with Crippen molar-refractivity contribution in [1.82, 2.24) is 0 Å². The van der Waals surface area contributed by atoms with Gasteiger partial charge >= 0.3 is 26.2 Å². The smallest absolute Gasteiger partial charge is 0.329 e. The average Bonchev–Trinajstić information content (AvgIpc) is 2.17. The van der Waals surface area contributed by atoms with Crippen LogP contribution in [0.25, 0.3) is 0 Å². The number of hydrogen-bond acceptors (Lipinski definition) is 0. The van der Waals surface area contributed by atoms with Gasteiger partial charge in [0.25, 0.3) is 0 Å². The molecule has 0 aromatic rings. The van der Waals surface area contributed by atoms with Gasteiger partial charge in [0.2, 0.25) is 0 Å². The summed E-state index contributed by atoms with van der Waals surface area (Å²) in [6, 6.07) is 0. The number of rotatable bonds is 0. The van der Waals surface area contributed by atoms with Crippen molar-refractivity contribution < 1.29 is 26.2 Å². The van der Waals surface area contributed by atoms with Gasteiger partial charge in [-0.3, -0.25) is 6.08 Å². The Hall–Kier alpha value is 0.653. The van der Waals surface area contributed by atoms with E-state index in [1.165, 1.54) is 0 Å². The molecule has 0 fully saturated rings. The van der Waals surface area contributed by atoms with E-state index in [2.05, 4.69) is 19.1 Å². The predicted molar refractivity (Wildman–Crippen MR) is 37.6 cm³/mol. The van der Waals surface area contributed by atoms with Crippen molar-refractivity contribution >= 4 is 11.6 Å². The van der Waals surface area contributed by atoms with Crippen LogP contribution in [0.5, 0.6) is 0 Å². The third-order valence-corrected chi connectivity index (χ3v) is 0.586. The van der Waals surface area contributed by atoms with Crippen LogP contribution in [0.4, 0.5) is 0 Å². The fraction of sp³-hybridized carbons (Fsp3) is 0.286. The zero-order valence-corrected chi connectivity index (χ0v) is 8.45.